The molecule has 0 aromatic heterocycles. The summed E-state index contributed by atoms with van der Waals surface area (Å²) in [6.07, 6.45) is 3.99. The first-order valence-electron chi connectivity index (χ1n) is 7.03. The van der Waals surface area contributed by atoms with E-state index in [0.717, 1.165) is 29.8 Å². The topological polar surface area (TPSA) is 33.7 Å². The molecule has 0 amide bonds. The summed E-state index contributed by atoms with van der Waals surface area (Å²) in [5.74, 6) is 1.68. The molecule has 1 aromatic carbocycles. The number of nitrogens with one attached hydrogen (secondary N) is 1. The number of anilines is 1. The molecule has 4 heteroatoms. The van der Waals surface area contributed by atoms with Crippen LogP contribution >= 0.6 is 0 Å². The van der Waals surface area contributed by atoms with Gasteiger partial charge >= 0.3 is 0 Å². The number of methoxy groups -OCH3 is 2. The van der Waals surface area contributed by atoms with E-state index < -0.39 is 0 Å². The van der Waals surface area contributed by atoms with Crippen LogP contribution in [0.3, 0.4) is 0 Å². The molecule has 0 bridgehead atoms. The van der Waals surface area contributed by atoms with Gasteiger partial charge < -0.3 is 14.8 Å². The molecule has 4 nitrogen and oxygen atoms in total. The van der Waals surface area contributed by atoms with Crippen LogP contribution in [0.4, 0.5) is 5.69 Å². The van der Waals surface area contributed by atoms with E-state index in [1.807, 2.05) is 18.2 Å². The number of hydrogen-bond donors (Lipinski definition) is 1. The van der Waals surface area contributed by atoms with E-state index in [1.54, 1.807) is 14.2 Å². The molecule has 0 spiro atoms. The molecule has 19 heavy (non-hydrogen) atoms. The third kappa shape index (κ3) is 2.78. The Morgan fingerprint density at radius 2 is 2.00 bits per heavy atom. The van der Waals surface area contributed by atoms with Crippen LogP contribution in [0, 0.1) is 0 Å². The van der Waals surface area contributed by atoms with Crippen molar-refractivity contribution in [2.24, 2.45) is 0 Å². The lowest BCUT2D eigenvalue weighted by Gasteiger charge is -2.18. The maximum atomic E-state index is 5.43. The molecule has 1 unspecified atom stereocenters. The summed E-state index contributed by atoms with van der Waals surface area (Å²) in [7, 11) is 3.37. The van der Waals surface area contributed by atoms with Crippen molar-refractivity contribution in [3.8, 4) is 11.5 Å². The minimum atomic E-state index is 0.530. The second-order valence-electron chi connectivity index (χ2n) is 5.42. The smallest absolute Gasteiger partial charge is 0.145 e. The van der Waals surface area contributed by atoms with Gasteiger partial charge in [0.15, 0.2) is 0 Å². The third-order valence-corrected chi connectivity index (χ3v) is 4.05. The average molecular weight is 262 g/mol. The van der Waals surface area contributed by atoms with Crippen molar-refractivity contribution < 1.29 is 9.47 Å². The summed E-state index contributed by atoms with van der Waals surface area (Å²) >= 11 is 0. The molecule has 1 atom stereocenters. The first-order chi connectivity index (χ1) is 9.30. The van der Waals surface area contributed by atoms with Crippen LogP contribution in [0.15, 0.2) is 18.2 Å². The van der Waals surface area contributed by atoms with Crippen LogP contribution in [0.5, 0.6) is 11.5 Å². The van der Waals surface area contributed by atoms with Gasteiger partial charge in [-0.3, -0.25) is 4.90 Å². The molecule has 1 heterocycles. The van der Waals surface area contributed by atoms with E-state index in [2.05, 4.69) is 10.2 Å². The third-order valence-electron chi connectivity index (χ3n) is 4.05. The molecule has 1 aliphatic carbocycles. The van der Waals surface area contributed by atoms with Crippen LogP contribution in [0.25, 0.3) is 0 Å². The monoisotopic (exact) mass is 262 g/mol. The molecular formula is C15H22N2O2. The van der Waals surface area contributed by atoms with Crippen LogP contribution in [-0.4, -0.2) is 44.3 Å². The van der Waals surface area contributed by atoms with E-state index in [4.69, 9.17) is 9.47 Å². The standard InChI is InChI=1S/C15H22N2O2/c1-18-13-5-6-14(15(9-13)19-2)16-11-7-8-17(10-11)12-3-4-12/h5-6,9,11-12,16H,3-4,7-8,10H2,1-2H3. The highest BCUT2D eigenvalue weighted by Gasteiger charge is 2.34. The summed E-state index contributed by atoms with van der Waals surface area (Å²) in [5.41, 5.74) is 1.06. The number of benzene rings is 1. The lowest BCUT2D eigenvalue weighted by atomic mass is 10.2. The number of nitrogens with zero attached hydrogens (tertiary/aromatic N) is 1. The van der Waals surface area contributed by atoms with Crippen molar-refractivity contribution in [1.29, 1.82) is 0 Å². The zero-order chi connectivity index (χ0) is 13.2. The molecule has 1 saturated heterocycles. The molecule has 2 aliphatic rings. The molecule has 3 rings (SSSR count). The zero-order valence-electron chi connectivity index (χ0n) is 11.7. The van der Waals surface area contributed by atoms with Gasteiger partial charge in [0, 0.05) is 31.2 Å². The minimum absolute atomic E-state index is 0.530. The Labute approximate surface area is 114 Å². The summed E-state index contributed by atoms with van der Waals surface area (Å²) in [6, 6.07) is 7.33. The predicted octanol–water partition coefficient (Wildman–Crippen LogP) is 2.35. The predicted molar refractivity (Wildman–Crippen MR) is 76.2 cm³/mol. The zero-order valence-corrected chi connectivity index (χ0v) is 11.7. The van der Waals surface area contributed by atoms with Crippen molar-refractivity contribution in [2.45, 2.75) is 31.3 Å². The average Bonchev–Trinajstić information content (AvgIpc) is 3.20. The highest BCUT2D eigenvalue weighted by molar-refractivity contribution is 5.59. The minimum Gasteiger partial charge on any atom is -0.497 e. The van der Waals surface area contributed by atoms with Gasteiger partial charge in [-0.1, -0.05) is 0 Å². The molecule has 1 aliphatic heterocycles. The fraction of sp³-hybridized carbons (Fsp3) is 0.600. The Hall–Kier alpha value is -1.42. The van der Waals surface area contributed by atoms with Gasteiger partial charge in [0.25, 0.3) is 0 Å². The van der Waals surface area contributed by atoms with Gasteiger partial charge in [-0.05, 0) is 31.4 Å². The fourth-order valence-corrected chi connectivity index (χ4v) is 2.81. The van der Waals surface area contributed by atoms with E-state index in [0.29, 0.717) is 6.04 Å². The Morgan fingerprint density at radius 3 is 2.68 bits per heavy atom. The first kappa shape index (κ1) is 12.6. The summed E-state index contributed by atoms with van der Waals surface area (Å²) in [4.78, 5) is 2.60. The summed E-state index contributed by atoms with van der Waals surface area (Å²) in [5, 5.41) is 3.60. The normalized spacial score (nSPS) is 23.4. The van der Waals surface area contributed by atoms with E-state index in [1.165, 1.54) is 25.8 Å². The second kappa shape index (κ2) is 5.29. The van der Waals surface area contributed by atoms with Crippen LogP contribution < -0.4 is 14.8 Å². The van der Waals surface area contributed by atoms with Gasteiger partial charge in [-0.2, -0.15) is 0 Å². The Morgan fingerprint density at radius 1 is 1.16 bits per heavy atom. The SMILES string of the molecule is COc1ccc(NC2CCN(C3CC3)C2)c(OC)c1. The Balaban J connectivity index is 1.65. The van der Waals surface area contributed by atoms with Crippen molar-refractivity contribution in [3.05, 3.63) is 18.2 Å². The number of rotatable bonds is 5. The Kier molecular flexibility index (Phi) is 3.51. The highest BCUT2D eigenvalue weighted by atomic mass is 16.5. The fourth-order valence-electron chi connectivity index (χ4n) is 2.81. The van der Waals surface area contributed by atoms with Gasteiger partial charge in [0.2, 0.25) is 0 Å². The summed E-state index contributed by atoms with van der Waals surface area (Å²) in [6.45, 7) is 2.38. The number of likely N-dealkylation sites (tertiary alicyclic amines) is 1. The lowest BCUT2D eigenvalue weighted by Crippen LogP contribution is -2.27. The van der Waals surface area contributed by atoms with Gasteiger partial charge in [0.05, 0.1) is 19.9 Å². The molecule has 2 fully saturated rings. The van der Waals surface area contributed by atoms with Crippen molar-refractivity contribution in [2.75, 3.05) is 32.6 Å². The van der Waals surface area contributed by atoms with E-state index >= 15 is 0 Å². The van der Waals surface area contributed by atoms with Gasteiger partial charge in [-0.25, -0.2) is 0 Å². The van der Waals surface area contributed by atoms with Crippen molar-refractivity contribution in [3.63, 3.8) is 0 Å². The first-order valence-corrected chi connectivity index (χ1v) is 7.03. The van der Waals surface area contributed by atoms with Crippen molar-refractivity contribution >= 4 is 5.69 Å². The van der Waals surface area contributed by atoms with Crippen LogP contribution in [0.2, 0.25) is 0 Å². The maximum Gasteiger partial charge on any atom is 0.145 e. The van der Waals surface area contributed by atoms with Gasteiger partial charge in [-0.15, -0.1) is 0 Å². The number of ether oxygens (including phenoxy) is 2. The molecular weight excluding hydrogens is 240 g/mol. The number of hydrogen-bond acceptors (Lipinski definition) is 4. The molecule has 0 radical (unpaired) electrons. The lowest BCUT2D eigenvalue weighted by molar-refractivity contribution is 0.326. The largest absolute Gasteiger partial charge is 0.497 e. The highest BCUT2D eigenvalue weighted by Crippen LogP contribution is 2.33. The Bertz CT molecular complexity index is 446. The van der Waals surface area contributed by atoms with Gasteiger partial charge in [0.1, 0.15) is 11.5 Å². The van der Waals surface area contributed by atoms with Crippen molar-refractivity contribution in [1.82, 2.24) is 4.90 Å². The molecule has 104 valence electrons. The van der Waals surface area contributed by atoms with E-state index in [-0.39, 0.29) is 0 Å². The van der Waals surface area contributed by atoms with Crippen LogP contribution in [0.1, 0.15) is 19.3 Å². The quantitative estimate of drug-likeness (QED) is 0.883. The summed E-state index contributed by atoms with van der Waals surface area (Å²) < 4.78 is 10.7. The molecule has 1 N–H and O–H groups in total. The van der Waals surface area contributed by atoms with E-state index in [9.17, 15) is 0 Å². The molecule has 1 aromatic rings. The second-order valence-corrected chi connectivity index (χ2v) is 5.42. The maximum absolute atomic E-state index is 5.43. The van der Waals surface area contributed by atoms with Crippen LogP contribution in [-0.2, 0) is 0 Å². The molecule has 1 saturated carbocycles.